The predicted molar refractivity (Wildman–Crippen MR) is 72.4 cm³/mol. The van der Waals surface area contributed by atoms with Crippen molar-refractivity contribution in [3.8, 4) is 0 Å². The minimum Gasteiger partial charge on any atom is -0.389 e. The molecule has 23 heavy (non-hydrogen) atoms. The number of hydrogen-bond donors (Lipinski definition) is 0. The number of rotatable bonds is 9. The van der Waals surface area contributed by atoms with Crippen molar-refractivity contribution in [2.24, 2.45) is 0 Å². The maximum atomic E-state index is 12.6. The van der Waals surface area contributed by atoms with Crippen molar-refractivity contribution < 1.29 is 47.9 Å². The monoisotopic (exact) mass is 380 g/mol. The second-order valence-electron chi connectivity index (χ2n) is 4.45. The average molecular weight is 380 g/mol. The Morgan fingerprint density at radius 1 is 0.870 bits per heavy atom. The van der Waals surface area contributed by atoms with Gasteiger partial charge in [-0.2, -0.15) is 8.42 Å². The van der Waals surface area contributed by atoms with Gasteiger partial charge in [0, 0.05) is 7.11 Å². The van der Waals surface area contributed by atoms with Gasteiger partial charge in [0.2, 0.25) is 0 Å². The zero-order chi connectivity index (χ0) is 16.8. The van der Waals surface area contributed by atoms with E-state index in [9.17, 15) is 17.2 Å². The van der Waals surface area contributed by atoms with Crippen LogP contribution in [-0.4, -0.2) is 73.8 Å². The third kappa shape index (κ3) is 5.47. The van der Waals surface area contributed by atoms with E-state index in [1.807, 2.05) is 0 Å². The summed E-state index contributed by atoms with van der Waals surface area (Å²) in [5, 5.41) is 0. The largest absolute Gasteiger partial charge is 0.639 e. The van der Waals surface area contributed by atoms with E-state index in [-0.39, 0.29) is 13.2 Å². The van der Waals surface area contributed by atoms with Gasteiger partial charge in [-0.05, 0) is 0 Å². The summed E-state index contributed by atoms with van der Waals surface area (Å²) in [6, 6.07) is 0. The molecule has 0 saturated carbocycles. The van der Waals surface area contributed by atoms with E-state index >= 15 is 0 Å². The molecule has 14 heteroatoms. The van der Waals surface area contributed by atoms with Crippen LogP contribution in [0, 0.1) is 0 Å². The number of hydrogen-bond acceptors (Lipinski definition) is 9. The van der Waals surface area contributed by atoms with E-state index in [1.165, 1.54) is 7.11 Å². The minimum absolute atomic E-state index is 0.209. The van der Waals surface area contributed by atoms with Crippen LogP contribution in [0.15, 0.2) is 0 Å². The lowest BCUT2D eigenvalue weighted by Crippen LogP contribution is -2.38. The van der Waals surface area contributed by atoms with Crippen LogP contribution < -0.4 is 0 Å². The Hall–Kier alpha value is -0.0551. The lowest BCUT2D eigenvalue weighted by Gasteiger charge is -2.18. The molecule has 0 aromatic rings. The van der Waals surface area contributed by atoms with E-state index in [4.69, 9.17) is 22.3 Å². The Morgan fingerprint density at radius 3 is 1.61 bits per heavy atom. The van der Waals surface area contributed by atoms with E-state index < -0.39 is 67.8 Å². The van der Waals surface area contributed by atoms with Gasteiger partial charge in [-0.25, -0.2) is 8.78 Å². The first-order valence-electron chi connectivity index (χ1n) is 6.47. The second-order valence-corrected chi connectivity index (χ2v) is 6.03. The second kappa shape index (κ2) is 9.43. The zero-order valence-corrected chi connectivity index (χ0v) is 13.6. The molecule has 6 unspecified atom stereocenters. The molecule has 2 heterocycles. The van der Waals surface area contributed by atoms with Crippen molar-refractivity contribution in [3.63, 3.8) is 0 Å². The third-order valence-corrected chi connectivity index (χ3v) is 4.55. The van der Waals surface area contributed by atoms with Crippen molar-refractivity contribution in [2.75, 3.05) is 33.7 Å². The molecule has 2 aliphatic rings. The van der Waals surface area contributed by atoms with Gasteiger partial charge in [-0.15, -0.1) is 0 Å². The van der Waals surface area contributed by atoms with E-state index in [1.54, 1.807) is 0 Å². The fourth-order valence-electron chi connectivity index (χ4n) is 1.75. The van der Waals surface area contributed by atoms with Crippen LogP contribution in [0.2, 0.25) is 0 Å². The zero-order valence-electron chi connectivity index (χ0n) is 12.0. The van der Waals surface area contributed by atoms with Gasteiger partial charge in [0.25, 0.3) is 0 Å². The first-order chi connectivity index (χ1) is 11.1. The van der Waals surface area contributed by atoms with Gasteiger partial charge < -0.3 is 14.0 Å². The fourth-order valence-corrected chi connectivity index (χ4v) is 3.36. The highest BCUT2D eigenvalue weighted by atomic mass is 32.2. The van der Waals surface area contributed by atoms with Crippen LogP contribution in [-0.2, 0) is 53.4 Å². The summed E-state index contributed by atoms with van der Waals surface area (Å²) < 4.78 is 81.6. The first kappa shape index (κ1) is 19.3. The smallest absolute Gasteiger partial charge is 0.389 e. The summed E-state index contributed by atoms with van der Waals surface area (Å²) in [6.07, 6.45) is -3.81. The van der Waals surface area contributed by atoms with E-state index in [2.05, 4.69) is 8.37 Å². The molecular formula is C9H15BF2O9S2. The summed E-state index contributed by atoms with van der Waals surface area (Å²) in [7, 11) is 0.0731. The van der Waals surface area contributed by atoms with Crippen LogP contribution in [0.25, 0.3) is 0 Å². The fraction of sp³-hybridized carbons (Fsp3) is 1.00. The molecule has 0 N–H and O–H groups in total. The SMILES string of the molecule is COB(OCC1OS(=O)OC1CF)OCC1OS(=O)OC1CF. The molecule has 0 aromatic carbocycles. The topological polar surface area (TPSA) is 98.8 Å². The van der Waals surface area contributed by atoms with Crippen LogP contribution in [0.4, 0.5) is 8.78 Å². The minimum atomic E-state index is -2.03. The predicted octanol–water partition coefficient (Wildman–Crippen LogP) is -0.685. The lowest BCUT2D eigenvalue weighted by molar-refractivity contribution is 0.0220. The Labute approximate surface area is 136 Å². The highest BCUT2D eigenvalue weighted by molar-refractivity contribution is 7.75. The molecule has 0 spiro atoms. The molecule has 134 valence electrons. The van der Waals surface area contributed by atoms with Gasteiger partial charge in [-0.3, -0.25) is 16.7 Å². The molecular weight excluding hydrogens is 365 g/mol. The summed E-state index contributed by atoms with van der Waals surface area (Å²) in [5.41, 5.74) is 0. The normalized spacial score (nSPS) is 37.3. The van der Waals surface area contributed by atoms with Gasteiger partial charge in [-0.1, -0.05) is 0 Å². The lowest BCUT2D eigenvalue weighted by atomic mass is 10.1. The molecule has 0 aliphatic carbocycles. The Bertz CT molecular complexity index is 398. The van der Waals surface area contributed by atoms with Crippen molar-refractivity contribution in [1.82, 2.24) is 0 Å². The molecule has 0 radical (unpaired) electrons. The molecule has 2 aliphatic heterocycles. The Kier molecular flexibility index (Phi) is 7.90. The molecule has 2 rings (SSSR count). The summed E-state index contributed by atoms with van der Waals surface area (Å²) in [4.78, 5) is 0. The molecule has 9 nitrogen and oxygen atoms in total. The average Bonchev–Trinajstić information content (AvgIpc) is 3.09. The molecule has 0 amide bonds. The van der Waals surface area contributed by atoms with Crippen LogP contribution >= 0.6 is 0 Å². The number of alkyl halides is 2. The maximum absolute atomic E-state index is 12.6. The van der Waals surface area contributed by atoms with Crippen molar-refractivity contribution >= 4 is 30.0 Å². The molecule has 2 saturated heterocycles. The van der Waals surface area contributed by atoms with Crippen LogP contribution in [0.3, 0.4) is 0 Å². The highest BCUT2D eigenvalue weighted by Gasteiger charge is 2.39. The third-order valence-electron chi connectivity index (χ3n) is 2.93. The van der Waals surface area contributed by atoms with Gasteiger partial charge >= 0.3 is 30.0 Å². The molecule has 2 fully saturated rings. The molecule has 6 atom stereocenters. The van der Waals surface area contributed by atoms with Crippen LogP contribution in [0.5, 0.6) is 0 Å². The summed E-state index contributed by atoms with van der Waals surface area (Å²) in [5.74, 6) is 0. The standard InChI is InChI=1S/C9H15BF2O9S2/c1-15-10(16-4-8-6(2-11)18-22(13)20-8)17-5-9-7(3-12)19-23(14)21-9/h6-9H,2-5H2,1H3. The van der Waals surface area contributed by atoms with E-state index in [0.717, 1.165) is 0 Å². The quantitative estimate of drug-likeness (QED) is 0.482. The summed E-state index contributed by atoms with van der Waals surface area (Å²) >= 11 is -4.06. The summed E-state index contributed by atoms with van der Waals surface area (Å²) in [6.45, 7) is -2.20. The van der Waals surface area contributed by atoms with Crippen molar-refractivity contribution in [1.29, 1.82) is 0 Å². The van der Waals surface area contributed by atoms with Crippen molar-refractivity contribution in [2.45, 2.75) is 24.4 Å². The van der Waals surface area contributed by atoms with E-state index in [0.29, 0.717) is 0 Å². The maximum Gasteiger partial charge on any atom is 0.639 e. The van der Waals surface area contributed by atoms with Gasteiger partial charge in [0.15, 0.2) is 0 Å². The van der Waals surface area contributed by atoms with Gasteiger partial charge in [0.1, 0.15) is 37.8 Å². The first-order valence-corrected chi connectivity index (χ1v) is 8.47. The highest BCUT2D eigenvalue weighted by Crippen LogP contribution is 2.20. The Balaban J connectivity index is 1.75. The van der Waals surface area contributed by atoms with Gasteiger partial charge in [0.05, 0.1) is 13.2 Å². The van der Waals surface area contributed by atoms with Crippen molar-refractivity contribution in [3.05, 3.63) is 0 Å². The molecule has 0 aromatic heterocycles. The number of halogens is 2. The molecule has 0 bridgehead atoms. The Morgan fingerprint density at radius 2 is 1.26 bits per heavy atom. The van der Waals surface area contributed by atoms with Crippen LogP contribution in [0.1, 0.15) is 0 Å².